The maximum Gasteiger partial charge on any atom is 0.396 e. The molecule has 0 saturated carbocycles. The Labute approximate surface area is 181 Å². The van der Waals surface area contributed by atoms with Crippen molar-refractivity contribution in [1.29, 1.82) is 0 Å². The molecule has 0 saturated heterocycles. The minimum Gasteiger partial charge on any atom is -0.478 e. The summed E-state index contributed by atoms with van der Waals surface area (Å²) in [5.41, 5.74) is 2.01. The summed E-state index contributed by atoms with van der Waals surface area (Å²) in [6.45, 7) is 0. The van der Waals surface area contributed by atoms with Crippen molar-refractivity contribution in [3.8, 4) is 22.5 Å². The van der Waals surface area contributed by atoms with Gasteiger partial charge in [-0.25, -0.2) is 9.59 Å². The number of aliphatic hydroxyl groups excluding tert-OH is 2. The van der Waals surface area contributed by atoms with Crippen molar-refractivity contribution < 1.29 is 33.9 Å². The van der Waals surface area contributed by atoms with Gasteiger partial charge in [-0.3, -0.25) is 4.79 Å². The largest absolute Gasteiger partial charge is 0.478 e. The average molecular weight is 432 g/mol. The third-order valence-electron chi connectivity index (χ3n) is 5.74. The Bertz CT molecular complexity index is 1400. The highest BCUT2D eigenvalue weighted by molar-refractivity contribution is 6.02. The number of aromatic carboxylic acids is 1. The molecule has 0 aromatic heterocycles. The lowest BCUT2D eigenvalue weighted by atomic mass is 9.86. The molecule has 0 radical (unpaired) electrons. The average Bonchev–Trinajstić information content (AvgIpc) is 3.09. The fourth-order valence-corrected chi connectivity index (χ4v) is 4.29. The quantitative estimate of drug-likeness (QED) is 0.543. The number of fused-ring (bicyclic) bond motifs is 2. The number of amides is 1. The van der Waals surface area contributed by atoms with Crippen LogP contribution < -0.4 is 5.43 Å². The molecule has 2 aliphatic heterocycles. The van der Waals surface area contributed by atoms with Crippen LogP contribution in [0.15, 0.2) is 51.7 Å². The lowest BCUT2D eigenvalue weighted by molar-refractivity contribution is -0.369. The molecule has 1 amide bonds. The fourth-order valence-electron chi connectivity index (χ4n) is 4.29. The molecule has 1 aromatic rings. The van der Waals surface area contributed by atoms with E-state index in [9.17, 15) is 29.7 Å². The van der Waals surface area contributed by atoms with Crippen LogP contribution in [0.4, 0.5) is 5.69 Å². The van der Waals surface area contributed by atoms with Crippen LogP contribution in [-0.4, -0.2) is 43.8 Å². The number of hydrogen-bond donors (Lipinski definition) is 3. The maximum atomic E-state index is 12.2. The molecule has 8 heteroatoms. The molecule has 32 heavy (non-hydrogen) atoms. The molecule has 3 N–H and O–H groups in total. The molecule has 1 aromatic carbocycles. The topological polar surface area (TPSA) is 128 Å². The molecular formula is C24H18NO7+. The van der Waals surface area contributed by atoms with Crippen molar-refractivity contribution in [1.82, 2.24) is 0 Å². The van der Waals surface area contributed by atoms with E-state index in [1.807, 2.05) is 0 Å². The van der Waals surface area contributed by atoms with Gasteiger partial charge in [0.1, 0.15) is 11.5 Å². The number of carboxylic acid groups (broad SMARTS) is 1. The fraction of sp³-hybridized carbons (Fsp3) is 0.167. The number of nitrogens with zero attached hydrogens (tertiary/aromatic N) is 1. The number of hydrogen-bond acceptors (Lipinski definition) is 5. The molecule has 0 unspecified atom stereocenters. The number of carbonyl (C=O) groups is 2. The van der Waals surface area contributed by atoms with Crippen LogP contribution in [0.2, 0.25) is 0 Å². The first-order chi connectivity index (χ1) is 15.3. The Morgan fingerprint density at radius 2 is 1.84 bits per heavy atom. The van der Waals surface area contributed by atoms with E-state index < -0.39 is 12.1 Å². The Kier molecular flexibility index (Phi) is 4.53. The third kappa shape index (κ3) is 3.12. The van der Waals surface area contributed by atoms with Gasteiger partial charge < -0.3 is 19.7 Å². The zero-order valence-corrected chi connectivity index (χ0v) is 16.7. The highest BCUT2D eigenvalue weighted by Crippen LogP contribution is 2.42. The second kappa shape index (κ2) is 7.28. The van der Waals surface area contributed by atoms with E-state index in [4.69, 9.17) is 4.42 Å². The Morgan fingerprint density at radius 1 is 1.06 bits per heavy atom. The molecule has 1 atom stereocenters. The summed E-state index contributed by atoms with van der Waals surface area (Å²) in [5.74, 6) is -0.923. The summed E-state index contributed by atoms with van der Waals surface area (Å²) < 4.78 is 7.00. The van der Waals surface area contributed by atoms with Gasteiger partial charge >= 0.3 is 17.8 Å². The van der Waals surface area contributed by atoms with Crippen LogP contribution in [0.5, 0.6) is 0 Å². The number of rotatable bonds is 3. The predicted molar refractivity (Wildman–Crippen MR) is 115 cm³/mol. The molecule has 2 heterocycles. The van der Waals surface area contributed by atoms with Crippen molar-refractivity contribution >= 4 is 29.5 Å². The molecule has 8 nitrogen and oxygen atoms in total. The minimum atomic E-state index is -1.21. The highest BCUT2D eigenvalue weighted by Gasteiger charge is 2.35. The number of carbonyl (C=O) groups excluding carboxylic acids is 1. The van der Waals surface area contributed by atoms with Crippen LogP contribution in [0, 0.1) is 0 Å². The normalized spacial score (nSPS) is 17.8. The summed E-state index contributed by atoms with van der Waals surface area (Å²) in [6.07, 6.45) is 3.05. The standard InChI is InChI=1S/C24H17NO7/c26-13-2-5-16-19(10-13)32-20-11-14(27)3-6-17(20)23(16)15-4-1-12(9-18(15)24(30)31)25-21(28)7-8-22(25)29/h1-6,9-10,14,27H,7-8,11H2,(H,30,31)/p+1/t14-/m1/s1. The molecule has 160 valence electrons. The smallest absolute Gasteiger partial charge is 0.396 e. The monoisotopic (exact) mass is 432 g/mol. The van der Waals surface area contributed by atoms with Crippen molar-refractivity contribution in [3.05, 3.63) is 69.6 Å². The molecule has 0 spiro atoms. The van der Waals surface area contributed by atoms with E-state index in [2.05, 4.69) is 0 Å². The second-order valence-corrected chi connectivity index (χ2v) is 7.78. The van der Waals surface area contributed by atoms with Crippen LogP contribution in [0.25, 0.3) is 28.5 Å². The van der Waals surface area contributed by atoms with Gasteiger partial charge in [0.25, 0.3) is 0 Å². The Morgan fingerprint density at radius 3 is 2.56 bits per heavy atom. The van der Waals surface area contributed by atoms with Gasteiger partial charge in [-0.15, -0.1) is 0 Å². The van der Waals surface area contributed by atoms with Gasteiger partial charge in [0.2, 0.25) is 5.69 Å². The first kappa shape index (κ1) is 19.9. The maximum absolute atomic E-state index is 12.2. The summed E-state index contributed by atoms with van der Waals surface area (Å²) >= 11 is 0. The van der Waals surface area contributed by atoms with Gasteiger partial charge in [-0.05, 0) is 23.8 Å². The number of aliphatic hydroxyl groups is 2. The van der Waals surface area contributed by atoms with Crippen molar-refractivity contribution in [2.75, 3.05) is 0 Å². The van der Waals surface area contributed by atoms with Gasteiger partial charge in [-0.2, -0.15) is 0 Å². The van der Waals surface area contributed by atoms with Crippen molar-refractivity contribution in [2.45, 2.75) is 25.4 Å². The van der Waals surface area contributed by atoms with Crippen molar-refractivity contribution in [2.24, 2.45) is 0 Å². The van der Waals surface area contributed by atoms with E-state index in [0.717, 1.165) is 4.58 Å². The van der Waals surface area contributed by atoms with E-state index in [1.54, 1.807) is 30.4 Å². The van der Waals surface area contributed by atoms with E-state index >= 15 is 0 Å². The summed E-state index contributed by atoms with van der Waals surface area (Å²) in [6, 6.07) is 8.79. The lowest BCUT2D eigenvalue weighted by Gasteiger charge is -2.22. The van der Waals surface area contributed by atoms with Crippen LogP contribution in [-0.2, 0) is 11.2 Å². The SMILES string of the molecule is O=C(O)c1cc([N+]2=C(O)CCC2=O)ccc1-c1c2ccc(=O)cc-2oc2c1C=C[C@@H](O)C2. The second-order valence-electron chi connectivity index (χ2n) is 7.78. The van der Waals surface area contributed by atoms with Crippen LogP contribution in [0.1, 0.15) is 34.5 Å². The zero-order chi connectivity index (χ0) is 22.6. The first-order valence-corrected chi connectivity index (χ1v) is 10.0. The third-order valence-corrected chi connectivity index (χ3v) is 5.74. The summed E-state index contributed by atoms with van der Waals surface area (Å²) in [4.78, 5) is 36.3. The summed E-state index contributed by atoms with van der Waals surface area (Å²) in [5, 5.41) is 30.1. The van der Waals surface area contributed by atoms with Crippen LogP contribution >= 0.6 is 0 Å². The predicted octanol–water partition coefficient (Wildman–Crippen LogP) is 2.96. The van der Waals surface area contributed by atoms with Gasteiger partial charge in [0, 0.05) is 41.3 Å². The zero-order valence-electron chi connectivity index (χ0n) is 16.7. The Hall–Kier alpha value is -4.04. The molecule has 0 fully saturated rings. The van der Waals surface area contributed by atoms with Crippen molar-refractivity contribution in [3.63, 3.8) is 0 Å². The molecule has 5 rings (SSSR count). The summed E-state index contributed by atoms with van der Waals surface area (Å²) in [7, 11) is 0. The Balaban J connectivity index is 1.81. The number of carboxylic acids is 1. The van der Waals surface area contributed by atoms with Gasteiger partial charge in [0.15, 0.2) is 5.43 Å². The molecule has 0 bridgehead atoms. The van der Waals surface area contributed by atoms with E-state index in [1.165, 1.54) is 18.2 Å². The highest BCUT2D eigenvalue weighted by atomic mass is 16.4. The molecule has 4 aliphatic rings. The minimum absolute atomic E-state index is 0.0737. The first-order valence-electron chi connectivity index (χ1n) is 10.0. The van der Waals surface area contributed by atoms with Gasteiger partial charge in [-0.1, -0.05) is 16.7 Å². The van der Waals surface area contributed by atoms with E-state index in [0.29, 0.717) is 28.0 Å². The molecule has 2 aliphatic carbocycles. The van der Waals surface area contributed by atoms with E-state index in [-0.39, 0.29) is 53.5 Å². The number of benzene rings is 2. The van der Waals surface area contributed by atoms with Crippen LogP contribution in [0.3, 0.4) is 0 Å². The molecular weight excluding hydrogens is 414 g/mol. The van der Waals surface area contributed by atoms with Gasteiger partial charge in [0.05, 0.1) is 24.5 Å². The lowest BCUT2D eigenvalue weighted by Crippen LogP contribution is -2.16.